The minimum Gasteiger partial charge on any atom is -0.385 e. The van der Waals surface area contributed by atoms with Crippen LogP contribution >= 0.6 is 0 Å². The zero-order valence-corrected chi connectivity index (χ0v) is 19.6. The lowest BCUT2D eigenvalue weighted by Gasteiger charge is -2.37. The van der Waals surface area contributed by atoms with Crippen LogP contribution in [0.15, 0.2) is 54.7 Å². The minimum absolute atomic E-state index is 0.00864. The number of nitrogens with zero attached hydrogens (tertiary/aromatic N) is 3. The summed E-state index contributed by atoms with van der Waals surface area (Å²) in [6, 6.07) is 15.5. The Morgan fingerprint density at radius 3 is 2.70 bits per heavy atom. The van der Waals surface area contributed by atoms with Crippen molar-refractivity contribution >= 4 is 11.8 Å². The van der Waals surface area contributed by atoms with Gasteiger partial charge in [-0.25, -0.2) is 0 Å². The summed E-state index contributed by atoms with van der Waals surface area (Å²) in [5.74, 6) is -0.114. The number of fused-ring (bicyclic) bond motifs is 1. The first-order valence-corrected chi connectivity index (χ1v) is 11.4. The molecule has 7 nitrogen and oxygen atoms in total. The number of amides is 2. The number of carbonyl (C=O) groups is 2. The molecular weight excluding hydrogens is 416 g/mol. The van der Waals surface area contributed by atoms with E-state index in [1.165, 1.54) is 0 Å². The molecule has 2 aromatic heterocycles. The number of methoxy groups -OCH3 is 1. The second-order valence-electron chi connectivity index (χ2n) is 8.61. The van der Waals surface area contributed by atoms with Gasteiger partial charge in [-0.1, -0.05) is 30.3 Å². The molecule has 0 fully saturated rings. The summed E-state index contributed by atoms with van der Waals surface area (Å²) in [7, 11) is 1.70. The Bertz CT molecular complexity index is 1120. The van der Waals surface area contributed by atoms with Gasteiger partial charge in [0.05, 0.1) is 11.6 Å². The standard InChI is InChI=1S/C26H32N4O3/c1-19-15-23(20(2)29(19)13-8-14-33-3)25(31)27-16-22-18-28-12-7-11-24(28)26(32)30(22)17-21-9-5-4-6-10-21/h4-7,9-12,15,22H,8,13-14,16-18H2,1-3H3,(H,27,31). The monoisotopic (exact) mass is 448 g/mol. The van der Waals surface area contributed by atoms with E-state index in [4.69, 9.17) is 4.74 Å². The van der Waals surface area contributed by atoms with Gasteiger partial charge in [0, 0.05) is 57.5 Å². The molecule has 174 valence electrons. The summed E-state index contributed by atoms with van der Waals surface area (Å²) in [5.41, 5.74) is 4.46. The van der Waals surface area contributed by atoms with Crippen LogP contribution in [0.25, 0.3) is 0 Å². The lowest BCUT2D eigenvalue weighted by molar-refractivity contribution is 0.0563. The van der Waals surface area contributed by atoms with Gasteiger partial charge in [-0.2, -0.15) is 0 Å². The average Bonchev–Trinajstić information content (AvgIpc) is 3.40. The van der Waals surface area contributed by atoms with Crippen LogP contribution < -0.4 is 5.32 Å². The molecule has 1 aromatic carbocycles. The maximum Gasteiger partial charge on any atom is 0.271 e. The molecule has 1 aliphatic rings. The van der Waals surface area contributed by atoms with Crippen LogP contribution in [0, 0.1) is 13.8 Å². The van der Waals surface area contributed by atoms with Crippen molar-refractivity contribution in [3.05, 3.63) is 82.9 Å². The minimum atomic E-state index is -0.133. The second kappa shape index (κ2) is 10.1. The number of carbonyl (C=O) groups excluding carboxylic acids is 2. The highest BCUT2D eigenvalue weighted by Gasteiger charge is 2.32. The predicted octanol–water partition coefficient (Wildman–Crippen LogP) is 3.40. The quantitative estimate of drug-likeness (QED) is 0.510. The van der Waals surface area contributed by atoms with E-state index in [1.807, 2.05) is 78.0 Å². The smallest absolute Gasteiger partial charge is 0.271 e. The summed E-state index contributed by atoms with van der Waals surface area (Å²) in [5, 5.41) is 3.09. The van der Waals surface area contributed by atoms with Crippen molar-refractivity contribution < 1.29 is 14.3 Å². The molecule has 0 aliphatic carbocycles. The van der Waals surface area contributed by atoms with E-state index in [0.29, 0.717) is 37.5 Å². The van der Waals surface area contributed by atoms with Crippen molar-refractivity contribution in [2.45, 2.75) is 45.9 Å². The SMILES string of the molecule is COCCCn1c(C)cc(C(=O)NCC2Cn3cccc3C(=O)N2Cc2ccccc2)c1C. The molecule has 3 heterocycles. The summed E-state index contributed by atoms with van der Waals surface area (Å²) >= 11 is 0. The van der Waals surface area contributed by atoms with Crippen molar-refractivity contribution in [2.75, 3.05) is 20.3 Å². The van der Waals surface area contributed by atoms with Gasteiger partial charge in [-0.15, -0.1) is 0 Å². The van der Waals surface area contributed by atoms with E-state index in [1.54, 1.807) is 7.11 Å². The van der Waals surface area contributed by atoms with E-state index < -0.39 is 0 Å². The molecule has 1 unspecified atom stereocenters. The van der Waals surface area contributed by atoms with Crippen LogP contribution in [0.2, 0.25) is 0 Å². The topological polar surface area (TPSA) is 68.5 Å². The van der Waals surface area contributed by atoms with Gasteiger partial charge in [0.1, 0.15) is 5.69 Å². The fourth-order valence-corrected chi connectivity index (χ4v) is 4.61. The number of hydrogen-bond acceptors (Lipinski definition) is 3. The molecule has 0 bridgehead atoms. The summed E-state index contributed by atoms with van der Waals surface area (Å²) in [4.78, 5) is 28.2. The van der Waals surface area contributed by atoms with Crippen LogP contribution in [0.3, 0.4) is 0 Å². The van der Waals surface area contributed by atoms with E-state index in [0.717, 1.165) is 29.9 Å². The molecule has 2 amide bonds. The third kappa shape index (κ3) is 4.88. The average molecular weight is 449 g/mol. The molecule has 33 heavy (non-hydrogen) atoms. The van der Waals surface area contributed by atoms with Gasteiger partial charge in [0.15, 0.2) is 0 Å². The molecule has 0 saturated carbocycles. The summed E-state index contributed by atoms with van der Waals surface area (Å²) in [6.45, 7) is 7.06. The van der Waals surface area contributed by atoms with Crippen molar-refractivity contribution in [2.24, 2.45) is 0 Å². The molecule has 3 aromatic rings. The van der Waals surface area contributed by atoms with Crippen molar-refractivity contribution in [3.63, 3.8) is 0 Å². The largest absolute Gasteiger partial charge is 0.385 e. The molecule has 1 atom stereocenters. The Kier molecular flexibility index (Phi) is 6.99. The number of hydrogen-bond donors (Lipinski definition) is 1. The second-order valence-corrected chi connectivity index (χ2v) is 8.61. The third-order valence-corrected chi connectivity index (χ3v) is 6.40. The molecule has 4 rings (SSSR count). The zero-order chi connectivity index (χ0) is 23.4. The summed E-state index contributed by atoms with van der Waals surface area (Å²) < 4.78 is 9.29. The maximum absolute atomic E-state index is 13.2. The Morgan fingerprint density at radius 1 is 1.15 bits per heavy atom. The number of rotatable bonds is 9. The summed E-state index contributed by atoms with van der Waals surface area (Å²) in [6.07, 6.45) is 2.82. The molecular formula is C26H32N4O3. The highest BCUT2D eigenvalue weighted by atomic mass is 16.5. The number of benzene rings is 1. The van der Waals surface area contributed by atoms with Crippen LogP contribution in [0.5, 0.6) is 0 Å². The molecule has 7 heteroatoms. The maximum atomic E-state index is 13.2. The van der Waals surface area contributed by atoms with Gasteiger partial charge in [-0.05, 0) is 44.0 Å². The van der Waals surface area contributed by atoms with Crippen molar-refractivity contribution in [1.29, 1.82) is 0 Å². The van der Waals surface area contributed by atoms with Crippen molar-refractivity contribution in [1.82, 2.24) is 19.4 Å². The molecule has 1 aliphatic heterocycles. The zero-order valence-electron chi connectivity index (χ0n) is 19.6. The fraction of sp³-hybridized carbons (Fsp3) is 0.385. The Labute approximate surface area is 195 Å². The predicted molar refractivity (Wildman–Crippen MR) is 127 cm³/mol. The highest BCUT2D eigenvalue weighted by Crippen LogP contribution is 2.21. The first kappa shape index (κ1) is 22.9. The van der Waals surface area contributed by atoms with E-state index in [2.05, 4.69) is 9.88 Å². The lowest BCUT2D eigenvalue weighted by atomic mass is 10.1. The van der Waals surface area contributed by atoms with E-state index >= 15 is 0 Å². The molecule has 1 N–H and O–H groups in total. The highest BCUT2D eigenvalue weighted by molar-refractivity contribution is 5.96. The third-order valence-electron chi connectivity index (χ3n) is 6.40. The first-order chi connectivity index (χ1) is 16.0. The number of aromatic nitrogens is 2. The Hall–Kier alpha value is -3.32. The van der Waals surface area contributed by atoms with Crippen LogP contribution in [0.4, 0.5) is 0 Å². The normalized spacial score (nSPS) is 15.5. The molecule has 0 radical (unpaired) electrons. The van der Waals surface area contributed by atoms with Gasteiger partial charge in [-0.3, -0.25) is 9.59 Å². The van der Waals surface area contributed by atoms with Gasteiger partial charge >= 0.3 is 0 Å². The Balaban J connectivity index is 1.48. The van der Waals surface area contributed by atoms with Crippen LogP contribution in [-0.2, 0) is 24.4 Å². The van der Waals surface area contributed by atoms with Crippen LogP contribution in [0.1, 0.15) is 44.2 Å². The lowest BCUT2D eigenvalue weighted by Crippen LogP contribution is -2.52. The fourth-order valence-electron chi connectivity index (χ4n) is 4.61. The number of nitrogens with one attached hydrogen (secondary N) is 1. The number of aryl methyl sites for hydroxylation is 1. The molecule has 0 saturated heterocycles. The van der Waals surface area contributed by atoms with Gasteiger partial charge < -0.3 is 24.1 Å². The van der Waals surface area contributed by atoms with E-state index in [-0.39, 0.29) is 17.9 Å². The van der Waals surface area contributed by atoms with Gasteiger partial charge in [0.2, 0.25) is 0 Å². The Morgan fingerprint density at radius 2 is 1.94 bits per heavy atom. The molecule has 0 spiro atoms. The van der Waals surface area contributed by atoms with Gasteiger partial charge in [0.25, 0.3) is 11.8 Å². The first-order valence-electron chi connectivity index (χ1n) is 11.4. The van der Waals surface area contributed by atoms with Crippen molar-refractivity contribution in [3.8, 4) is 0 Å². The van der Waals surface area contributed by atoms with E-state index in [9.17, 15) is 9.59 Å². The van der Waals surface area contributed by atoms with Crippen LogP contribution in [-0.4, -0.2) is 52.2 Å². The number of ether oxygens (including phenoxy) is 1.